The van der Waals surface area contributed by atoms with Crippen LogP contribution in [0.25, 0.3) is 0 Å². The monoisotopic (exact) mass is 242 g/mol. The van der Waals surface area contributed by atoms with E-state index in [1.54, 1.807) is 0 Å². The highest BCUT2D eigenvalue weighted by Gasteiger charge is 2.22. The van der Waals surface area contributed by atoms with Gasteiger partial charge in [-0.1, -0.05) is 0 Å². The number of hydrogen-bond acceptors (Lipinski definition) is 3. The number of halogens is 1. The van der Waals surface area contributed by atoms with Crippen LogP contribution >= 0.6 is 0 Å². The van der Waals surface area contributed by atoms with Crippen molar-refractivity contribution in [3.8, 4) is 5.75 Å². The summed E-state index contributed by atoms with van der Waals surface area (Å²) in [7, 11) is 0. The number of rotatable bonds is 5. The van der Waals surface area contributed by atoms with Gasteiger partial charge in [0.25, 0.3) is 0 Å². The highest BCUT2D eigenvalue weighted by atomic mass is 19.1. The second kappa shape index (κ2) is 5.29. The fourth-order valence-electron chi connectivity index (χ4n) is 1.57. The topological polar surface area (TPSA) is 94.8 Å². The molecule has 1 aromatic carbocycles. The van der Waals surface area contributed by atoms with Crippen molar-refractivity contribution < 1.29 is 29.3 Å². The number of phenolic OH excluding ortho intramolecular Hbond substituents is 1. The molecule has 0 heterocycles. The minimum absolute atomic E-state index is 0.00481. The van der Waals surface area contributed by atoms with Crippen molar-refractivity contribution in [1.29, 1.82) is 0 Å². The van der Waals surface area contributed by atoms with E-state index in [1.807, 2.05) is 0 Å². The third-order valence-corrected chi connectivity index (χ3v) is 2.27. The number of hydrogen-bond donors (Lipinski definition) is 3. The number of carboxylic acid groups (broad SMARTS) is 2. The normalized spacial score (nSPS) is 10.5. The summed E-state index contributed by atoms with van der Waals surface area (Å²) in [5, 5.41) is 26.8. The molecule has 17 heavy (non-hydrogen) atoms. The van der Waals surface area contributed by atoms with Crippen molar-refractivity contribution in [2.24, 2.45) is 0 Å². The lowest BCUT2D eigenvalue weighted by Crippen LogP contribution is -2.11. The molecule has 6 heteroatoms. The summed E-state index contributed by atoms with van der Waals surface area (Å²) in [5.41, 5.74) is -0.00481. The van der Waals surface area contributed by atoms with Crippen molar-refractivity contribution in [2.75, 3.05) is 0 Å². The predicted molar refractivity (Wildman–Crippen MR) is 55.3 cm³/mol. The molecule has 0 atom stereocenters. The molecule has 0 bridgehead atoms. The molecule has 0 unspecified atom stereocenters. The third kappa shape index (κ3) is 3.75. The predicted octanol–water partition coefficient (Wildman–Crippen LogP) is 1.56. The molecule has 1 aromatic rings. The molecule has 0 aromatic heterocycles. The van der Waals surface area contributed by atoms with Gasteiger partial charge in [0.15, 0.2) is 0 Å². The summed E-state index contributed by atoms with van der Waals surface area (Å²) in [6.07, 6.45) is -0.966. The van der Waals surface area contributed by atoms with Crippen LogP contribution in [0.15, 0.2) is 18.2 Å². The third-order valence-electron chi connectivity index (χ3n) is 2.27. The molecule has 0 aliphatic carbocycles. The molecule has 0 saturated heterocycles. The first-order chi connectivity index (χ1) is 7.90. The van der Waals surface area contributed by atoms with Crippen LogP contribution < -0.4 is 0 Å². The molecular weight excluding hydrogens is 231 g/mol. The molecule has 5 nitrogen and oxygen atoms in total. The minimum Gasteiger partial charge on any atom is -0.508 e. The van der Waals surface area contributed by atoms with Gasteiger partial charge < -0.3 is 15.3 Å². The number of phenols is 1. The van der Waals surface area contributed by atoms with Crippen LogP contribution in [0.3, 0.4) is 0 Å². The Bertz CT molecular complexity index is 427. The molecule has 0 saturated carbocycles. The lowest BCUT2D eigenvalue weighted by atomic mass is 9.91. The van der Waals surface area contributed by atoms with Gasteiger partial charge in [0, 0.05) is 11.5 Å². The summed E-state index contributed by atoms with van der Waals surface area (Å²) in [6.45, 7) is 0. The highest BCUT2D eigenvalue weighted by Crippen LogP contribution is 2.31. The van der Waals surface area contributed by atoms with E-state index in [9.17, 15) is 19.1 Å². The van der Waals surface area contributed by atoms with Gasteiger partial charge >= 0.3 is 11.9 Å². The van der Waals surface area contributed by atoms with Crippen LogP contribution in [-0.4, -0.2) is 27.3 Å². The highest BCUT2D eigenvalue weighted by molar-refractivity contribution is 5.72. The molecular formula is C11H11FO5. The van der Waals surface area contributed by atoms with E-state index >= 15 is 0 Å². The summed E-state index contributed by atoms with van der Waals surface area (Å²) >= 11 is 0. The summed E-state index contributed by atoms with van der Waals surface area (Å²) < 4.78 is 13.0. The van der Waals surface area contributed by atoms with E-state index in [4.69, 9.17) is 10.2 Å². The summed E-state index contributed by atoms with van der Waals surface area (Å²) in [4.78, 5) is 21.2. The van der Waals surface area contributed by atoms with Gasteiger partial charge in [-0.3, -0.25) is 9.59 Å². The van der Waals surface area contributed by atoms with Gasteiger partial charge in [0.2, 0.25) is 0 Å². The van der Waals surface area contributed by atoms with Gasteiger partial charge in [-0.25, -0.2) is 4.39 Å². The summed E-state index contributed by atoms with van der Waals surface area (Å²) in [6, 6.07) is 3.03. The lowest BCUT2D eigenvalue weighted by molar-refractivity contribution is -0.139. The average Bonchev–Trinajstić information content (AvgIpc) is 2.19. The zero-order chi connectivity index (χ0) is 13.0. The van der Waals surface area contributed by atoms with Gasteiger partial charge in [-0.2, -0.15) is 0 Å². The Labute approximate surface area is 96.1 Å². The van der Waals surface area contributed by atoms with E-state index in [1.165, 1.54) is 0 Å². The van der Waals surface area contributed by atoms with Crippen LogP contribution in [0.5, 0.6) is 5.75 Å². The molecule has 0 amide bonds. The Kier molecular flexibility index (Phi) is 4.03. The van der Waals surface area contributed by atoms with Crippen molar-refractivity contribution in [2.45, 2.75) is 18.8 Å². The van der Waals surface area contributed by atoms with E-state index in [2.05, 4.69) is 0 Å². The van der Waals surface area contributed by atoms with E-state index < -0.39 is 36.5 Å². The maximum absolute atomic E-state index is 13.0. The summed E-state index contributed by atoms with van der Waals surface area (Å²) in [5.74, 6) is -4.34. The molecule has 0 radical (unpaired) electrons. The van der Waals surface area contributed by atoms with Crippen molar-refractivity contribution in [1.82, 2.24) is 0 Å². The first-order valence-corrected chi connectivity index (χ1v) is 4.82. The number of benzene rings is 1. The Morgan fingerprint density at radius 3 is 2.18 bits per heavy atom. The minimum atomic E-state index is -1.21. The fraction of sp³-hybridized carbons (Fsp3) is 0.273. The van der Waals surface area contributed by atoms with Gasteiger partial charge in [0.1, 0.15) is 11.6 Å². The zero-order valence-electron chi connectivity index (χ0n) is 8.76. The standard InChI is InChI=1S/C11H11FO5/c12-7-1-2-9(13)8(5-7)6(3-10(14)15)4-11(16)17/h1-2,5-6,13H,3-4H2,(H,14,15)(H,16,17). The molecule has 1 rings (SSSR count). The number of carbonyl (C=O) groups is 2. The fourth-order valence-corrected chi connectivity index (χ4v) is 1.57. The average molecular weight is 242 g/mol. The number of aromatic hydroxyl groups is 1. The maximum atomic E-state index is 13.0. The number of carboxylic acids is 2. The van der Waals surface area contributed by atoms with E-state index in [0.717, 1.165) is 18.2 Å². The second-order valence-electron chi connectivity index (χ2n) is 3.60. The molecule has 0 fully saturated rings. The molecule has 0 spiro atoms. The first-order valence-electron chi connectivity index (χ1n) is 4.82. The Balaban J connectivity index is 3.06. The second-order valence-corrected chi connectivity index (χ2v) is 3.60. The Hall–Kier alpha value is -2.11. The SMILES string of the molecule is O=C(O)CC(CC(=O)O)c1cc(F)ccc1O. The van der Waals surface area contributed by atoms with Crippen molar-refractivity contribution >= 4 is 11.9 Å². The Morgan fingerprint density at radius 2 is 1.71 bits per heavy atom. The molecule has 3 N–H and O–H groups in total. The zero-order valence-corrected chi connectivity index (χ0v) is 8.76. The number of aliphatic carboxylic acids is 2. The molecule has 92 valence electrons. The van der Waals surface area contributed by atoms with E-state index in [0.29, 0.717) is 0 Å². The Morgan fingerprint density at radius 1 is 1.18 bits per heavy atom. The lowest BCUT2D eigenvalue weighted by Gasteiger charge is -2.14. The van der Waals surface area contributed by atoms with Crippen LogP contribution in [0, 0.1) is 5.82 Å². The van der Waals surface area contributed by atoms with Crippen molar-refractivity contribution in [3.63, 3.8) is 0 Å². The molecule has 0 aliphatic rings. The smallest absolute Gasteiger partial charge is 0.303 e. The van der Waals surface area contributed by atoms with Crippen molar-refractivity contribution in [3.05, 3.63) is 29.6 Å². The van der Waals surface area contributed by atoms with Gasteiger partial charge in [0.05, 0.1) is 12.8 Å². The maximum Gasteiger partial charge on any atom is 0.303 e. The van der Waals surface area contributed by atoms with Crippen LogP contribution in [0.1, 0.15) is 24.3 Å². The van der Waals surface area contributed by atoms with Crippen LogP contribution in [0.4, 0.5) is 4.39 Å². The van der Waals surface area contributed by atoms with Gasteiger partial charge in [-0.15, -0.1) is 0 Å². The van der Waals surface area contributed by atoms with Crippen LogP contribution in [0.2, 0.25) is 0 Å². The van der Waals surface area contributed by atoms with E-state index in [-0.39, 0.29) is 11.3 Å². The van der Waals surface area contributed by atoms with Crippen LogP contribution in [-0.2, 0) is 9.59 Å². The van der Waals surface area contributed by atoms with Gasteiger partial charge in [-0.05, 0) is 18.2 Å². The first kappa shape index (κ1) is 13.0. The quantitative estimate of drug-likeness (QED) is 0.728. The largest absolute Gasteiger partial charge is 0.508 e. The molecule has 0 aliphatic heterocycles.